The molecular formula is C24H32N2O5. The maximum atomic E-state index is 12.9. The van der Waals surface area contributed by atoms with Crippen molar-refractivity contribution in [3.63, 3.8) is 0 Å². The highest BCUT2D eigenvalue weighted by Gasteiger charge is 2.49. The number of rotatable bonds is 7. The predicted molar refractivity (Wildman–Crippen MR) is 114 cm³/mol. The molecule has 168 valence electrons. The summed E-state index contributed by atoms with van der Waals surface area (Å²) < 4.78 is 17.8. The van der Waals surface area contributed by atoms with E-state index in [1.807, 2.05) is 12.1 Å². The van der Waals surface area contributed by atoms with Gasteiger partial charge in [0.1, 0.15) is 18.0 Å². The van der Waals surface area contributed by atoms with Crippen LogP contribution in [0, 0.1) is 11.8 Å². The largest absolute Gasteiger partial charge is 0.493 e. The number of hydrogen-bond donors (Lipinski definition) is 2. The summed E-state index contributed by atoms with van der Waals surface area (Å²) in [5.74, 6) is 1.44. The van der Waals surface area contributed by atoms with E-state index in [1.165, 1.54) is 32.1 Å². The van der Waals surface area contributed by atoms with Crippen molar-refractivity contribution in [2.24, 2.45) is 11.8 Å². The second-order valence-electron chi connectivity index (χ2n) is 9.41. The molecule has 4 aliphatic rings. The third-order valence-electron chi connectivity index (χ3n) is 6.95. The Balaban J connectivity index is 1.14. The van der Waals surface area contributed by atoms with Gasteiger partial charge in [0.25, 0.3) is 5.91 Å². The predicted octanol–water partition coefficient (Wildman–Crippen LogP) is 2.44. The van der Waals surface area contributed by atoms with Gasteiger partial charge in [-0.2, -0.15) is 0 Å². The third kappa shape index (κ3) is 4.88. The topological polar surface area (TPSA) is 85.9 Å². The molecule has 4 fully saturated rings. The maximum absolute atomic E-state index is 12.9. The fourth-order valence-corrected chi connectivity index (χ4v) is 4.94. The van der Waals surface area contributed by atoms with Crippen molar-refractivity contribution >= 4 is 11.8 Å². The third-order valence-corrected chi connectivity index (χ3v) is 6.95. The van der Waals surface area contributed by atoms with E-state index < -0.39 is 0 Å². The van der Waals surface area contributed by atoms with Crippen LogP contribution in [0.3, 0.4) is 0 Å². The van der Waals surface area contributed by atoms with Gasteiger partial charge in [-0.05, 0) is 49.8 Å². The second kappa shape index (κ2) is 9.17. The van der Waals surface area contributed by atoms with E-state index >= 15 is 0 Å². The number of fused-ring (bicyclic) bond motifs is 1. The van der Waals surface area contributed by atoms with Gasteiger partial charge in [-0.3, -0.25) is 9.59 Å². The van der Waals surface area contributed by atoms with Crippen molar-refractivity contribution in [3.05, 3.63) is 29.8 Å². The van der Waals surface area contributed by atoms with Gasteiger partial charge in [0.05, 0.1) is 31.9 Å². The fraction of sp³-hybridized carbons (Fsp3) is 0.667. The highest BCUT2D eigenvalue weighted by molar-refractivity contribution is 5.94. The molecule has 4 unspecified atom stereocenters. The summed E-state index contributed by atoms with van der Waals surface area (Å²) in [6.07, 6.45) is 7.85. The van der Waals surface area contributed by atoms with Crippen LogP contribution in [0.1, 0.15) is 55.3 Å². The van der Waals surface area contributed by atoms with Gasteiger partial charge >= 0.3 is 0 Å². The Morgan fingerprint density at radius 1 is 0.935 bits per heavy atom. The molecule has 2 N–H and O–H groups in total. The summed E-state index contributed by atoms with van der Waals surface area (Å²) >= 11 is 0. The van der Waals surface area contributed by atoms with Crippen LogP contribution in [0.5, 0.6) is 5.75 Å². The number of benzene rings is 1. The van der Waals surface area contributed by atoms with E-state index in [4.69, 9.17) is 14.2 Å². The summed E-state index contributed by atoms with van der Waals surface area (Å²) in [7, 11) is 0. The van der Waals surface area contributed by atoms with Crippen LogP contribution in [-0.4, -0.2) is 55.9 Å². The molecule has 7 heteroatoms. The minimum absolute atomic E-state index is 0.0929. The first kappa shape index (κ1) is 20.8. The van der Waals surface area contributed by atoms with Crippen molar-refractivity contribution in [2.45, 2.75) is 69.2 Å². The summed E-state index contributed by atoms with van der Waals surface area (Å²) in [6, 6.07) is 6.99. The molecule has 0 bridgehead atoms. The quantitative estimate of drug-likeness (QED) is 0.697. The van der Waals surface area contributed by atoms with Gasteiger partial charge < -0.3 is 24.8 Å². The molecule has 0 radical (unpaired) electrons. The molecule has 2 aliphatic heterocycles. The van der Waals surface area contributed by atoms with Crippen LogP contribution in [0.4, 0.5) is 0 Å². The van der Waals surface area contributed by atoms with Crippen LogP contribution >= 0.6 is 0 Å². The molecule has 0 aromatic heterocycles. The van der Waals surface area contributed by atoms with Gasteiger partial charge in [0, 0.05) is 11.5 Å². The maximum Gasteiger partial charge on any atom is 0.251 e. The lowest BCUT2D eigenvalue weighted by Crippen LogP contribution is -2.47. The molecule has 2 aliphatic carbocycles. The van der Waals surface area contributed by atoms with E-state index in [2.05, 4.69) is 10.6 Å². The molecule has 2 amide bonds. The lowest BCUT2D eigenvalue weighted by atomic mass is 9.90. The van der Waals surface area contributed by atoms with E-state index in [0.717, 1.165) is 18.6 Å². The zero-order chi connectivity index (χ0) is 21.2. The lowest BCUT2D eigenvalue weighted by Gasteiger charge is -2.22. The minimum atomic E-state index is -0.237. The highest BCUT2D eigenvalue weighted by atomic mass is 16.6. The van der Waals surface area contributed by atoms with Gasteiger partial charge in [-0.1, -0.05) is 25.3 Å². The SMILES string of the molecule is O=C(NC1COC2C(NC(=O)C3CC3)COC12)c1cccc(OCC2CCCCC2)c1. The zero-order valence-electron chi connectivity index (χ0n) is 17.9. The van der Waals surface area contributed by atoms with Crippen molar-refractivity contribution in [3.8, 4) is 5.75 Å². The molecule has 5 rings (SSSR count). The van der Waals surface area contributed by atoms with E-state index in [-0.39, 0.29) is 42.0 Å². The number of carbonyl (C=O) groups excluding carboxylic acids is 2. The Morgan fingerprint density at radius 2 is 1.65 bits per heavy atom. The fourth-order valence-electron chi connectivity index (χ4n) is 4.94. The second-order valence-corrected chi connectivity index (χ2v) is 9.41. The van der Waals surface area contributed by atoms with E-state index in [0.29, 0.717) is 31.3 Å². The van der Waals surface area contributed by atoms with Crippen molar-refractivity contribution < 1.29 is 23.8 Å². The molecule has 2 saturated heterocycles. The molecule has 1 aromatic carbocycles. The molecular weight excluding hydrogens is 396 g/mol. The molecule has 2 heterocycles. The van der Waals surface area contributed by atoms with Crippen LogP contribution in [-0.2, 0) is 14.3 Å². The molecule has 1 aromatic rings. The van der Waals surface area contributed by atoms with Crippen LogP contribution in [0.25, 0.3) is 0 Å². The van der Waals surface area contributed by atoms with Gasteiger partial charge in [-0.15, -0.1) is 0 Å². The number of carbonyl (C=O) groups is 2. The lowest BCUT2D eigenvalue weighted by molar-refractivity contribution is -0.123. The van der Waals surface area contributed by atoms with Crippen LogP contribution in [0.15, 0.2) is 24.3 Å². The summed E-state index contributed by atoms with van der Waals surface area (Å²) in [5.41, 5.74) is 0.571. The first-order valence-corrected chi connectivity index (χ1v) is 11.7. The van der Waals surface area contributed by atoms with Gasteiger partial charge in [-0.25, -0.2) is 0 Å². The van der Waals surface area contributed by atoms with Gasteiger partial charge in [0.15, 0.2) is 0 Å². The summed E-state index contributed by atoms with van der Waals surface area (Å²) in [6.45, 7) is 1.52. The minimum Gasteiger partial charge on any atom is -0.493 e. The van der Waals surface area contributed by atoms with Crippen molar-refractivity contribution in [2.75, 3.05) is 19.8 Å². The average molecular weight is 429 g/mol. The van der Waals surface area contributed by atoms with E-state index in [1.54, 1.807) is 12.1 Å². The molecule has 0 spiro atoms. The van der Waals surface area contributed by atoms with E-state index in [9.17, 15) is 9.59 Å². The molecule has 7 nitrogen and oxygen atoms in total. The Morgan fingerprint density at radius 3 is 2.35 bits per heavy atom. The standard InChI is InChI=1S/C24H32N2O5/c27-23(16-9-10-16)25-19-13-30-22-20(14-31-21(19)22)26-24(28)17-7-4-8-18(11-17)29-12-15-5-2-1-3-6-15/h4,7-8,11,15-16,19-22H,1-3,5-6,9-10,12-14H2,(H,25,27)(H,26,28). The molecule has 2 saturated carbocycles. The Bertz CT molecular complexity index is 805. The molecule has 31 heavy (non-hydrogen) atoms. The van der Waals surface area contributed by atoms with Crippen molar-refractivity contribution in [1.29, 1.82) is 0 Å². The first-order valence-electron chi connectivity index (χ1n) is 11.7. The monoisotopic (exact) mass is 428 g/mol. The Labute approximate surface area is 183 Å². The molecule has 4 atom stereocenters. The summed E-state index contributed by atoms with van der Waals surface area (Å²) in [4.78, 5) is 24.9. The number of nitrogens with one attached hydrogen (secondary N) is 2. The number of amides is 2. The Kier molecular flexibility index (Phi) is 6.14. The number of hydrogen-bond acceptors (Lipinski definition) is 5. The first-order chi connectivity index (χ1) is 15.2. The van der Waals surface area contributed by atoms with Crippen molar-refractivity contribution in [1.82, 2.24) is 10.6 Å². The average Bonchev–Trinajstić information content (AvgIpc) is 3.48. The van der Waals surface area contributed by atoms with Crippen LogP contribution in [0.2, 0.25) is 0 Å². The normalized spacial score (nSPS) is 30.6. The highest BCUT2D eigenvalue weighted by Crippen LogP contribution is 2.32. The Hall–Kier alpha value is -2.12. The van der Waals surface area contributed by atoms with Gasteiger partial charge in [0.2, 0.25) is 5.91 Å². The van der Waals surface area contributed by atoms with Crippen LogP contribution < -0.4 is 15.4 Å². The zero-order valence-corrected chi connectivity index (χ0v) is 17.9. The number of ether oxygens (including phenoxy) is 3. The summed E-state index contributed by atoms with van der Waals surface area (Å²) in [5, 5.41) is 6.10. The smallest absolute Gasteiger partial charge is 0.251 e.